The number of alkyl halides is 1. The van der Waals surface area contributed by atoms with Crippen molar-refractivity contribution in [2.24, 2.45) is 0 Å². The zero-order valence-corrected chi connectivity index (χ0v) is 7.57. The molecule has 0 radical (unpaired) electrons. The molecule has 0 amide bonds. The van der Waals surface area contributed by atoms with Gasteiger partial charge in [0.1, 0.15) is 12.2 Å². The monoisotopic (exact) mass is 191 g/mol. The summed E-state index contributed by atoms with van der Waals surface area (Å²) in [4.78, 5) is 12.3. The summed E-state index contributed by atoms with van der Waals surface area (Å²) in [6, 6.07) is -0.676. The van der Waals surface area contributed by atoms with Crippen molar-refractivity contribution in [3.05, 3.63) is 0 Å². The van der Waals surface area contributed by atoms with Crippen molar-refractivity contribution in [3.63, 3.8) is 0 Å². The normalized spacial score (nSPS) is 29.4. The molecule has 13 heavy (non-hydrogen) atoms. The third-order valence-electron chi connectivity index (χ3n) is 2.22. The Morgan fingerprint density at radius 1 is 1.77 bits per heavy atom. The summed E-state index contributed by atoms with van der Waals surface area (Å²) in [6.45, 7) is 1.13. The summed E-state index contributed by atoms with van der Waals surface area (Å²) in [5.41, 5.74) is 0. The molecule has 1 heterocycles. The third kappa shape index (κ3) is 2.63. The van der Waals surface area contributed by atoms with E-state index in [1.54, 1.807) is 12.0 Å². The maximum atomic E-state index is 12.9. The van der Waals surface area contributed by atoms with Gasteiger partial charge in [-0.1, -0.05) is 0 Å². The molecular weight excluding hydrogens is 177 g/mol. The molecule has 0 saturated carbocycles. The Bertz CT molecular complexity index is 188. The minimum Gasteiger partial charge on any atom is -0.480 e. The van der Waals surface area contributed by atoms with E-state index in [2.05, 4.69) is 0 Å². The summed E-state index contributed by atoms with van der Waals surface area (Å²) in [7, 11) is 1.54. The molecule has 0 aromatic carbocycles. The van der Waals surface area contributed by atoms with E-state index < -0.39 is 18.2 Å². The number of hydrogen-bond acceptors (Lipinski definition) is 3. The highest BCUT2D eigenvalue weighted by Gasteiger charge is 2.36. The van der Waals surface area contributed by atoms with E-state index >= 15 is 0 Å². The van der Waals surface area contributed by atoms with Crippen LogP contribution in [0.25, 0.3) is 0 Å². The Morgan fingerprint density at radius 2 is 2.46 bits per heavy atom. The predicted molar refractivity (Wildman–Crippen MR) is 44.4 cm³/mol. The molecule has 1 fully saturated rings. The lowest BCUT2D eigenvalue weighted by molar-refractivity contribution is -0.142. The van der Waals surface area contributed by atoms with E-state index in [4.69, 9.17) is 9.84 Å². The number of aliphatic carboxylic acids is 1. The fraction of sp³-hybridized carbons (Fsp3) is 0.875. The molecule has 76 valence electrons. The fourth-order valence-corrected chi connectivity index (χ4v) is 1.56. The van der Waals surface area contributed by atoms with Crippen molar-refractivity contribution >= 4 is 5.97 Å². The van der Waals surface area contributed by atoms with Crippen molar-refractivity contribution in [3.8, 4) is 0 Å². The molecule has 5 heteroatoms. The van der Waals surface area contributed by atoms with Crippen LogP contribution in [-0.4, -0.2) is 55.0 Å². The molecule has 1 aliphatic rings. The van der Waals surface area contributed by atoms with Crippen LogP contribution in [0.3, 0.4) is 0 Å². The molecule has 0 unspecified atom stereocenters. The van der Waals surface area contributed by atoms with Crippen LogP contribution in [0.15, 0.2) is 0 Å². The van der Waals surface area contributed by atoms with Crippen molar-refractivity contribution < 1.29 is 19.0 Å². The van der Waals surface area contributed by atoms with Gasteiger partial charge in [-0.05, 0) is 0 Å². The summed E-state index contributed by atoms with van der Waals surface area (Å²) < 4.78 is 17.7. The maximum Gasteiger partial charge on any atom is 0.321 e. The van der Waals surface area contributed by atoms with Crippen LogP contribution in [0, 0.1) is 0 Å². The van der Waals surface area contributed by atoms with Gasteiger partial charge in [-0.3, -0.25) is 9.69 Å². The van der Waals surface area contributed by atoms with Gasteiger partial charge in [-0.25, -0.2) is 4.39 Å². The zero-order chi connectivity index (χ0) is 9.84. The van der Waals surface area contributed by atoms with E-state index in [1.165, 1.54) is 0 Å². The highest BCUT2D eigenvalue weighted by atomic mass is 19.1. The highest BCUT2D eigenvalue weighted by Crippen LogP contribution is 2.19. The lowest BCUT2D eigenvalue weighted by atomic mass is 10.2. The lowest BCUT2D eigenvalue weighted by Crippen LogP contribution is -2.37. The van der Waals surface area contributed by atoms with Crippen molar-refractivity contribution in [2.45, 2.75) is 18.6 Å². The first-order chi connectivity index (χ1) is 6.15. The first kappa shape index (κ1) is 10.4. The second-order valence-electron chi connectivity index (χ2n) is 3.17. The van der Waals surface area contributed by atoms with Gasteiger partial charge in [0.05, 0.1) is 6.61 Å². The van der Waals surface area contributed by atoms with Crippen LogP contribution >= 0.6 is 0 Å². The quantitative estimate of drug-likeness (QED) is 0.686. The Kier molecular flexibility index (Phi) is 3.62. The van der Waals surface area contributed by atoms with Crippen LogP contribution in [0.5, 0.6) is 0 Å². The van der Waals surface area contributed by atoms with Crippen LogP contribution in [0.1, 0.15) is 6.42 Å². The number of carbonyl (C=O) groups is 1. The average Bonchev–Trinajstić information content (AvgIpc) is 2.43. The Morgan fingerprint density at radius 3 is 3.00 bits per heavy atom. The van der Waals surface area contributed by atoms with E-state index in [0.717, 1.165) is 0 Å². The minimum absolute atomic E-state index is 0.0963. The molecule has 1 N–H and O–H groups in total. The summed E-state index contributed by atoms with van der Waals surface area (Å²) in [5.74, 6) is -0.948. The van der Waals surface area contributed by atoms with E-state index in [0.29, 0.717) is 13.2 Å². The molecule has 0 aromatic rings. The van der Waals surface area contributed by atoms with Gasteiger partial charge in [-0.15, -0.1) is 0 Å². The number of carboxylic acids is 1. The van der Waals surface area contributed by atoms with Gasteiger partial charge in [0, 0.05) is 26.6 Å². The molecule has 0 aromatic heterocycles. The molecular formula is C8H14FNO3. The van der Waals surface area contributed by atoms with E-state index in [1.807, 2.05) is 0 Å². The molecule has 1 saturated heterocycles. The molecule has 0 bridgehead atoms. The smallest absolute Gasteiger partial charge is 0.321 e. The summed E-state index contributed by atoms with van der Waals surface area (Å²) >= 11 is 0. The Hall–Kier alpha value is -0.680. The van der Waals surface area contributed by atoms with Gasteiger partial charge >= 0.3 is 5.97 Å². The summed E-state index contributed by atoms with van der Waals surface area (Å²) in [6.07, 6.45) is -0.920. The van der Waals surface area contributed by atoms with Gasteiger partial charge in [0.15, 0.2) is 0 Å². The standard InChI is InChI=1S/C8H14FNO3/c1-13-3-2-10-5-6(9)4-7(10)8(11)12/h6-7H,2-5H2,1H3,(H,11,12)/t6-,7+/m1/s1. The number of halogens is 1. The zero-order valence-electron chi connectivity index (χ0n) is 7.57. The second kappa shape index (κ2) is 4.53. The fourth-order valence-electron chi connectivity index (χ4n) is 1.56. The topological polar surface area (TPSA) is 49.8 Å². The van der Waals surface area contributed by atoms with E-state index in [-0.39, 0.29) is 13.0 Å². The second-order valence-corrected chi connectivity index (χ2v) is 3.17. The number of ether oxygens (including phenoxy) is 1. The number of carboxylic acid groups (broad SMARTS) is 1. The molecule has 0 spiro atoms. The van der Waals surface area contributed by atoms with Gasteiger partial charge in [-0.2, -0.15) is 0 Å². The number of likely N-dealkylation sites (tertiary alicyclic amines) is 1. The third-order valence-corrected chi connectivity index (χ3v) is 2.22. The Balaban J connectivity index is 2.45. The molecule has 4 nitrogen and oxygen atoms in total. The first-order valence-corrected chi connectivity index (χ1v) is 4.25. The first-order valence-electron chi connectivity index (χ1n) is 4.25. The summed E-state index contributed by atoms with van der Waals surface area (Å²) in [5, 5.41) is 8.75. The van der Waals surface area contributed by atoms with Crippen LogP contribution in [0.2, 0.25) is 0 Å². The maximum absolute atomic E-state index is 12.9. The molecule has 0 aliphatic carbocycles. The molecule has 1 rings (SSSR count). The van der Waals surface area contributed by atoms with Crippen LogP contribution in [0.4, 0.5) is 4.39 Å². The average molecular weight is 191 g/mol. The SMILES string of the molecule is COCCN1C[C@H](F)C[C@H]1C(=O)O. The number of nitrogens with zero attached hydrogens (tertiary/aromatic N) is 1. The van der Waals surface area contributed by atoms with Crippen molar-refractivity contribution in [2.75, 3.05) is 26.8 Å². The minimum atomic E-state index is -1.02. The number of methoxy groups -OCH3 is 1. The lowest BCUT2D eigenvalue weighted by Gasteiger charge is -2.19. The van der Waals surface area contributed by atoms with Gasteiger partial charge in [0.2, 0.25) is 0 Å². The highest BCUT2D eigenvalue weighted by molar-refractivity contribution is 5.74. The van der Waals surface area contributed by atoms with Crippen LogP contribution in [-0.2, 0) is 9.53 Å². The van der Waals surface area contributed by atoms with Crippen molar-refractivity contribution in [1.29, 1.82) is 0 Å². The molecule has 1 aliphatic heterocycles. The van der Waals surface area contributed by atoms with Crippen LogP contribution < -0.4 is 0 Å². The van der Waals surface area contributed by atoms with E-state index in [9.17, 15) is 9.18 Å². The Labute approximate surface area is 76.3 Å². The van der Waals surface area contributed by atoms with Gasteiger partial charge in [0.25, 0.3) is 0 Å². The molecule has 2 atom stereocenters. The van der Waals surface area contributed by atoms with Gasteiger partial charge < -0.3 is 9.84 Å². The predicted octanol–water partition coefficient (Wildman–Crippen LogP) is 0.130. The largest absolute Gasteiger partial charge is 0.480 e. The van der Waals surface area contributed by atoms with Crippen molar-refractivity contribution in [1.82, 2.24) is 4.90 Å². The number of hydrogen-bond donors (Lipinski definition) is 1. The number of rotatable bonds is 4.